The lowest BCUT2D eigenvalue weighted by Gasteiger charge is -2.29. The lowest BCUT2D eigenvalue weighted by atomic mass is 10.1. The average Bonchev–Trinajstić information content (AvgIpc) is 3.00. The van der Waals surface area contributed by atoms with Crippen LogP contribution in [-0.4, -0.2) is 40.6 Å². The molecule has 0 heterocycles. The van der Waals surface area contributed by atoms with Crippen LogP contribution in [0.25, 0.3) is 0 Å². The van der Waals surface area contributed by atoms with Crippen LogP contribution >= 0.6 is 0 Å². The van der Waals surface area contributed by atoms with Crippen molar-refractivity contribution in [3.63, 3.8) is 0 Å². The van der Waals surface area contributed by atoms with E-state index >= 15 is 0 Å². The number of hydrogen-bond donors (Lipinski definition) is 1. The first-order valence-corrected chi connectivity index (χ1v) is 7.49. The van der Waals surface area contributed by atoms with E-state index in [2.05, 4.69) is 0 Å². The highest BCUT2D eigenvalue weighted by atomic mass is 19.4. The number of nitrogens with zero attached hydrogens (tertiary/aromatic N) is 1. The van der Waals surface area contributed by atoms with Crippen molar-refractivity contribution in [3.05, 3.63) is 35.4 Å². The van der Waals surface area contributed by atoms with Crippen LogP contribution in [0.5, 0.6) is 0 Å². The van der Waals surface area contributed by atoms with Gasteiger partial charge in [0.15, 0.2) is 0 Å². The predicted octanol–water partition coefficient (Wildman–Crippen LogP) is 3.72. The molecule has 7 heteroatoms. The van der Waals surface area contributed by atoms with Gasteiger partial charge in [-0.1, -0.05) is 12.8 Å². The van der Waals surface area contributed by atoms with Gasteiger partial charge in [0.2, 0.25) is 0 Å². The second-order valence-corrected chi connectivity index (χ2v) is 5.68. The summed E-state index contributed by atoms with van der Waals surface area (Å²) in [5.74, 6) is -1.59. The van der Waals surface area contributed by atoms with Crippen LogP contribution in [0.3, 0.4) is 0 Å². The Kier molecular flexibility index (Phi) is 5.28. The van der Waals surface area contributed by atoms with Crippen LogP contribution in [0.4, 0.5) is 13.2 Å². The topological polar surface area (TPSA) is 57.6 Å². The first kappa shape index (κ1) is 17.3. The highest BCUT2D eigenvalue weighted by molar-refractivity contribution is 5.96. The molecule has 4 nitrogen and oxygen atoms in total. The van der Waals surface area contributed by atoms with Crippen LogP contribution in [0, 0.1) is 0 Å². The van der Waals surface area contributed by atoms with E-state index in [0.29, 0.717) is 12.8 Å². The summed E-state index contributed by atoms with van der Waals surface area (Å²) in [4.78, 5) is 24.6. The van der Waals surface area contributed by atoms with Gasteiger partial charge in [-0.15, -0.1) is 0 Å². The Bertz CT molecular complexity index is 563. The second-order valence-electron chi connectivity index (χ2n) is 5.68. The van der Waals surface area contributed by atoms with Gasteiger partial charge in [-0.3, -0.25) is 4.79 Å². The normalized spacial score (nSPS) is 15.6. The first-order chi connectivity index (χ1) is 10.8. The average molecular weight is 329 g/mol. The summed E-state index contributed by atoms with van der Waals surface area (Å²) in [6.45, 7) is -0.367. The minimum Gasteiger partial charge on any atom is -0.478 e. The fourth-order valence-corrected chi connectivity index (χ4v) is 2.83. The smallest absolute Gasteiger partial charge is 0.390 e. The Balaban J connectivity index is 2.16. The van der Waals surface area contributed by atoms with Crippen molar-refractivity contribution in [2.45, 2.75) is 44.3 Å². The Morgan fingerprint density at radius 2 is 1.61 bits per heavy atom. The van der Waals surface area contributed by atoms with Crippen LogP contribution < -0.4 is 0 Å². The fourth-order valence-electron chi connectivity index (χ4n) is 2.83. The molecular weight excluding hydrogens is 311 g/mol. The molecule has 1 fully saturated rings. The van der Waals surface area contributed by atoms with Crippen molar-refractivity contribution in [1.82, 2.24) is 4.90 Å². The lowest BCUT2D eigenvalue weighted by Crippen LogP contribution is -2.41. The number of alkyl halides is 3. The fraction of sp³-hybridized carbons (Fsp3) is 0.500. The zero-order chi connectivity index (χ0) is 17.0. The summed E-state index contributed by atoms with van der Waals surface area (Å²) >= 11 is 0. The zero-order valence-corrected chi connectivity index (χ0v) is 12.5. The third-order valence-corrected chi connectivity index (χ3v) is 4.04. The van der Waals surface area contributed by atoms with E-state index in [1.165, 1.54) is 29.2 Å². The first-order valence-electron chi connectivity index (χ1n) is 7.49. The summed E-state index contributed by atoms with van der Waals surface area (Å²) in [5.41, 5.74) is 0.244. The molecule has 1 aliphatic carbocycles. The van der Waals surface area contributed by atoms with Crippen molar-refractivity contribution in [2.24, 2.45) is 0 Å². The van der Waals surface area contributed by atoms with E-state index in [1.54, 1.807) is 0 Å². The van der Waals surface area contributed by atoms with Gasteiger partial charge in [0, 0.05) is 18.2 Å². The lowest BCUT2D eigenvalue weighted by molar-refractivity contribution is -0.137. The molecule has 0 aromatic heterocycles. The molecule has 2 rings (SSSR count). The van der Waals surface area contributed by atoms with E-state index in [0.717, 1.165) is 12.8 Å². The molecule has 1 saturated carbocycles. The second kappa shape index (κ2) is 7.02. The molecule has 1 aromatic rings. The highest BCUT2D eigenvalue weighted by Crippen LogP contribution is 2.27. The van der Waals surface area contributed by atoms with Gasteiger partial charge >= 0.3 is 12.1 Å². The summed E-state index contributed by atoms with van der Waals surface area (Å²) in [5, 5.41) is 8.85. The monoisotopic (exact) mass is 329 g/mol. The molecule has 0 atom stereocenters. The number of benzene rings is 1. The van der Waals surface area contributed by atoms with E-state index in [4.69, 9.17) is 5.11 Å². The molecule has 0 bridgehead atoms. The predicted molar refractivity (Wildman–Crippen MR) is 77.4 cm³/mol. The van der Waals surface area contributed by atoms with E-state index < -0.39 is 24.5 Å². The molecule has 126 valence electrons. The number of carboxylic acid groups (broad SMARTS) is 1. The molecule has 1 aliphatic rings. The van der Waals surface area contributed by atoms with Crippen LogP contribution in [0.1, 0.15) is 52.8 Å². The van der Waals surface area contributed by atoms with E-state index in [1.807, 2.05) is 0 Å². The maximum Gasteiger partial charge on any atom is 0.390 e. The molecule has 1 aromatic carbocycles. The molecule has 0 saturated heterocycles. The number of carbonyl (C=O) groups excluding carboxylic acids is 1. The Labute approximate surface area is 131 Å². The van der Waals surface area contributed by atoms with E-state index in [9.17, 15) is 22.8 Å². The van der Waals surface area contributed by atoms with Crippen molar-refractivity contribution >= 4 is 11.9 Å². The molecule has 0 radical (unpaired) electrons. The molecule has 1 N–H and O–H groups in total. The Morgan fingerprint density at radius 3 is 2.09 bits per heavy atom. The van der Waals surface area contributed by atoms with Gasteiger partial charge in [-0.05, 0) is 37.1 Å². The zero-order valence-electron chi connectivity index (χ0n) is 12.5. The minimum absolute atomic E-state index is 0.0317. The highest BCUT2D eigenvalue weighted by Gasteiger charge is 2.33. The van der Waals surface area contributed by atoms with Crippen molar-refractivity contribution in [1.29, 1.82) is 0 Å². The standard InChI is InChI=1S/C16H18F3NO3/c17-16(18,19)9-10-20(13-3-1-2-4-13)14(21)11-5-7-12(8-6-11)15(22)23/h5-8,13H,1-4,9-10H2,(H,22,23). The molecule has 0 spiro atoms. The van der Waals surface area contributed by atoms with E-state index in [-0.39, 0.29) is 23.7 Å². The minimum atomic E-state index is -4.32. The van der Waals surface area contributed by atoms with Gasteiger partial charge in [-0.2, -0.15) is 13.2 Å². The molecular formula is C16H18F3NO3. The summed E-state index contributed by atoms with van der Waals surface area (Å²) < 4.78 is 37.5. The molecule has 23 heavy (non-hydrogen) atoms. The Morgan fingerprint density at radius 1 is 1.09 bits per heavy atom. The molecule has 0 unspecified atom stereocenters. The SMILES string of the molecule is O=C(O)c1ccc(C(=O)N(CCC(F)(F)F)C2CCCC2)cc1. The van der Waals surface area contributed by atoms with Crippen LogP contribution in [0.15, 0.2) is 24.3 Å². The largest absolute Gasteiger partial charge is 0.478 e. The summed E-state index contributed by atoms with van der Waals surface area (Å²) in [7, 11) is 0. The number of aromatic carboxylic acids is 1. The van der Waals surface area contributed by atoms with Crippen molar-refractivity contribution in [2.75, 3.05) is 6.54 Å². The van der Waals surface area contributed by atoms with Gasteiger partial charge < -0.3 is 10.0 Å². The third kappa shape index (κ3) is 4.71. The van der Waals surface area contributed by atoms with Crippen LogP contribution in [0.2, 0.25) is 0 Å². The number of halogens is 3. The van der Waals surface area contributed by atoms with Crippen molar-refractivity contribution in [3.8, 4) is 0 Å². The molecule has 0 aliphatic heterocycles. The number of amides is 1. The summed E-state index contributed by atoms with van der Waals surface area (Å²) in [6.07, 6.45) is -2.14. The van der Waals surface area contributed by atoms with Crippen molar-refractivity contribution < 1.29 is 27.9 Å². The van der Waals surface area contributed by atoms with Gasteiger partial charge in [0.25, 0.3) is 5.91 Å². The quantitative estimate of drug-likeness (QED) is 0.895. The van der Waals surface area contributed by atoms with Crippen LogP contribution in [-0.2, 0) is 0 Å². The maximum atomic E-state index is 12.5. The Hall–Kier alpha value is -2.05. The maximum absolute atomic E-state index is 12.5. The van der Waals surface area contributed by atoms with Gasteiger partial charge in [0.1, 0.15) is 0 Å². The number of hydrogen-bond acceptors (Lipinski definition) is 2. The van der Waals surface area contributed by atoms with Gasteiger partial charge in [-0.25, -0.2) is 4.79 Å². The summed E-state index contributed by atoms with van der Waals surface area (Å²) in [6, 6.07) is 5.09. The van der Waals surface area contributed by atoms with Gasteiger partial charge in [0.05, 0.1) is 12.0 Å². The number of carboxylic acids is 1. The number of rotatable bonds is 5. The third-order valence-electron chi connectivity index (χ3n) is 4.04. The number of carbonyl (C=O) groups is 2. The molecule has 1 amide bonds.